The molecule has 0 saturated carbocycles. The molecule has 39 heavy (non-hydrogen) atoms. The van der Waals surface area contributed by atoms with Crippen molar-refractivity contribution in [2.75, 3.05) is 10.8 Å². The van der Waals surface area contributed by atoms with Gasteiger partial charge in [-0.05, 0) is 62.2 Å². The molecule has 0 aliphatic heterocycles. The zero-order valence-electron chi connectivity index (χ0n) is 21.8. The lowest BCUT2D eigenvalue weighted by Crippen LogP contribution is -2.52. The van der Waals surface area contributed by atoms with Crippen LogP contribution in [0.2, 0.25) is 15.1 Å². The maximum absolute atomic E-state index is 13.9. The highest BCUT2D eigenvalue weighted by molar-refractivity contribution is 7.92. The minimum Gasteiger partial charge on any atom is -0.352 e. The molecule has 2 atom stereocenters. The third-order valence-corrected chi connectivity index (χ3v) is 9.04. The molecule has 208 valence electrons. The van der Waals surface area contributed by atoms with E-state index < -0.39 is 28.5 Å². The fraction of sp³-hybridized carbons (Fsp3) is 0.286. The Morgan fingerprint density at radius 2 is 1.59 bits per heavy atom. The molecule has 0 fully saturated rings. The summed E-state index contributed by atoms with van der Waals surface area (Å²) in [5, 5.41) is 3.47. The molecule has 1 N–H and O–H groups in total. The van der Waals surface area contributed by atoms with Gasteiger partial charge in [-0.1, -0.05) is 78.1 Å². The Morgan fingerprint density at radius 3 is 2.23 bits per heavy atom. The largest absolute Gasteiger partial charge is 0.352 e. The van der Waals surface area contributed by atoms with Crippen molar-refractivity contribution in [1.29, 1.82) is 0 Å². The van der Waals surface area contributed by atoms with Gasteiger partial charge in [-0.3, -0.25) is 13.9 Å². The Kier molecular flexibility index (Phi) is 10.7. The van der Waals surface area contributed by atoms with Gasteiger partial charge in [0.2, 0.25) is 11.8 Å². The number of carbonyl (C=O) groups is 2. The fourth-order valence-corrected chi connectivity index (χ4v) is 5.91. The molecule has 2 amide bonds. The molecule has 3 aromatic carbocycles. The minimum absolute atomic E-state index is 0.0181. The Bertz CT molecular complexity index is 1420. The van der Waals surface area contributed by atoms with Crippen molar-refractivity contribution >= 4 is 62.3 Å². The van der Waals surface area contributed by atoms with Crippen molar-refractivity contribution < 1.29 is 18.0 Å². The van der Waals surface area contributed by atoms with Crippen LogP contribution >= 0.6 is 34.8 Å². The van der Waals surface area contributed by atoms with Crippen LogP contribution in [0.15, 0.2) is 77.7 Å². The number of hydrogen-bond acceptors (Lipinski definition) is 4. The smallest absolute Gasteiger partial charge is 0.264 e. The third kappa shape index (κ3) is 7.66. The molecule has 0 aromatic heterocycles. The highest BCUT2D eigenvalue weighted by Crippen LogP contribution is 2.35. The molecule has 0 aliphatic rings. The van der Waals surface area contributed by atoms with E-state index in [9.17, 15) is 18.0 Å². The Morgan fingerprint density at radius 1 is 0.923 bits per heavy atom. The van der Waals surface area contributed by atoms with E-state index in [2.05, 4.69) is 5.32 Å². The SMILES string of the molecule is CC[C@H](C)NC(=O)[C@H](C)N(Cc1cccc(Cl)c1)C(=O)CN(c1cccc(Cl)c1Cl)S(=O)(=O)c1ccccc1. The van der Waals surface area contributed by atoms with Gasteiger partial charge in [0.05, 0.1) is 20.6 Å². The van der Waals surface area contributed by atoms with E-state index in [1.54, 1.807) is 55.5 Å². The van der Waals surface area contributed by atoms with Crippen molar-refractivity contribution in [3.8, 4) is 0 Å². The van der Waals surface area contributed by atoms with Crippen molar-refractivity contribution in [2.45, 2.75) is 50.7 Å². The summed E-state index contributed by atoms with van der Waals surface area (Å²) in [5.74, 6) is -0.977. The van der Waals surface area contributed by atoms with Gasteiger partial charge in [0, 0.05) is 17.6 Å². The van der Waals surface area contributed by atoms with Crippen LogP contribution in [0.4, 0.5) is 5.69 Å². The van der Waals surface area contributed by atoms with E-state index in [4.69, 9.17) is 34.8 Å². The van der Waals surface area contributed by atoms with Gasteiger partial charge in [-0.15, -0.1) is 0 Å². The summed E-state index contributed by atoms with van der Waals surface area (Å²) in [5.41, 5.74) is 0.720. The molecule has 0 bridgehead atoms. The molecule has 0 saturated heterocycles. The maximum Gasteiger partial charge on any atom is 0.264 e. The molecule has 11 heteroatoms. The van der Waals surface area contributed by atoms with Gasteiger partial charge in [-0.2, -0.15) is 0 Å². The van der Waals surface area contributed by atoms with Crippen molar-refractivity contribution in [2.24, 2.45) is 0 Å². The van der Waals surface area contributed by atoms with Crippen LogP contribution in [-0.4, -0.2) is 43.8 Å². The number of carbonyl (C=O) groups excluding carboxylic acids is 2. The summed E-state index contributed by atoms with van der Waals surface area (Å²) < 4.78 is 28.5. The molecular weight excluding hydrogens is 581 g/mol. The molecule has 0 unspecified atom stereocenters. The Labute approximate surface area is 244 Å². The van der Waals surface area contributed by atoms with Crippen molar-refractivity contribution in [3.63, 3.8) is 0 Å². The fourth-order valence-electron chi connectivity index (χ4n) is 3.80. The average molecular weight is 611 g/mol. The molecule has 0 heterocycles. The monoisotopic (exact) mass is 609 g/mol. The summed E-state index contributed by atoms with van der Waals surface area (Å²) in [7, 11) is -4.25. The minimum atomic E-state index is -4.25. The summed E-state index contributed by atoms with van der Waals surface area (Å²) in [6, 6.07) is 18.1. The predicted molar refractivity (Wildman–Crippen MR) is 157 cm³/mol. The number of nitrogens with one attached hydrogen (secondary N) is 1. The quantitative estimate of drug-likeness (QED) is 0.281. The number of nitrogens with zero attached hydrogens (tertiary/aromatic N) is 2. The average Bonchev–Trinajstić information content (AvgIpc) is 2.92. The third-order valence-electron chi connectivity index (χ3n) is 6.22. The second-order valence-electron chi connectivity index (χ2n) is 9.04. The maximum atomic E-state index is 13.9. The van der Waals surface area contributed by atoms with E-state index in [1.165, 1.54) is 29.2 Å². The Balaban J connectivity index is 2.06. The Hall–Kier alpha value is -2.78. The van der Waals surface area contributed by atoms with Gasteiger partial charge in [0.1, 0.15) is 12.6 Å². The van der Waals surface area contributed by atoms with E-state index >= 15 is 0 Å². The predicted octanol–water partition coefficient (Wildman–Crippen LogP) is 6.17. The van der Waals surface area contributed by atoms with E-state index in [0.29, 0.717) is 17.0 Å². The highest BCUT2D eigenvalue weighted by Gasteiger charge is 2.33. The highest BCUT2D eigenvalue weighted by atomic mass is 35.5. The zero-order chi connectivity index (χ0) is 28.7. The molecule has 0 spiro atoms. The summed E-state index contributed by atoms with van der Waals surface area (Å²) >= 11 is 18.8. The topological polar surface area (TPSA) is 86.8 Å². The van der Waals surface area contributed by atoms with Crippen LogP contribution in [0.3, 0.4) is 0 Å². The molecule has 7 nitrogen and oxygen atoms in total. The molecule has 3 aromatic rings. The summed E-state index contributed by atoms with van der Waals surface area (Å²) in [6.07, 6.45) is 0.705. The molecule has 0 radical (unpaired) electrons. The summed E-state index contributed by atoms with van der Waals surface area (Å²) in [6.45, 7) is 4.80. The standard InChI is InChI=1S/C28H30Cl3N3O4S/c1-4-19(2)32-28(36)20(3)33(17-21-10-8-11-22(29)16-21)26(35)18-34(25-15-9-14-24(30)27(25)31)39(37,38)23-12-6-5-7-13-23/h5-16,19-20H,4,17-18H2,1-3H3,(H,32,36)/t19-,20-/m0/s1. The number of benzene rings is 3. The number of halogens is 3. The van der Waals surface area contributed by atoms with E-state index in [0.717, 1.165) is 4.31 Å². The lowest BCUT2D eigenvalue weighted by atomic mass is 10.1. The molecule has 0 aliphatic carbocycles. The van der Waals surface area contributed by atoms with E-state index in [1.807, 2.05) is 13.8 Å². The van der Waals surface area contributed by atoms with E-state index in [-0.39, 0.29) is 39.1 Å². The first-order valence-electron chi connectivity index (χ1n) is 12.3. The van der Waals surface area contributed by atoms with Crippen LogP contribution in [0.25, 0.3) is 0 Å². The first-order chi connectivity index (χ1) is 18.4. The van der Waals surface area contributed by atoms with Gasteiger partial charge in [-0.25, -0.2) is 8.42 Å². The first-order valence-corrected chi connectivity index (χ1v) is 14.9. The summed E-state index contributed by atoms with van der Waals surface area (Å²) in [4.78, 5) is 28.3. The van der Waals surface area contributed by atoms with Gasteiger partial charge < -0.3 is 10.2 Å². The second kappa shape index (κ2) is 13.5. The zero-order valence-corrected chi connectivity index (χ0v) is 24.9. The normalized spacial score (nSPS) is 12.9. The second-order valence-corrected chi connectivity index (χ2v) is 12.1. The van der Waals surface area contributed by atoms with Gasteiger partial charge in [0.15, 0.2) is 0 Å². The van der Waals surface area contributed by atoms with Crippen LogP contribution in [-0.2, 0) is 26.2 Å². The number of rotatable bonds is 11. The van der Waals surface area contributed by atoms with Crippen LogP contribution in [0.1, 0.15) is 32.8 Å². The lowest BCUT2D eigenvalue weighted by Gasteiger charge is -2.32. The number of amides is 2. The van der Waals surface area contributed by atoms with Crippen molar-refractivity contribution in [1.82, 2.24) is 10.2 Å². The van der Waals surface area contributed by atoms with Crippen LogP contribution in [0, 0.1) is 0 Å². The first kappa shape index (κ1) is 30.8. The number of sulfonamides is 1. The molecule has 3 rings (SSSR count). The number of anilines is 1. The van der Waals surface area contributed by atoms with Crippen molar-refractivity contribution in [3.05, 3.63) is 93.4 Å². The van der Waals surface area contributed by atoms with Gasteiger partial charge >= 0.3 is 0 Å². The van der Waals surface area contributed by atoms with Crippen LogP contribution in [0.5, 0.6) is 0 Å². The van der Waals surface area contributed by atoms with Gasteiger partial charge in [0.25, 0.3) is 10.0 Å². The lowest BCUT2D eigenvalue weighted by molar-refractivity contribution is -0.139. The molecular formula is C28H30Cl3N3O4S. The van der Waals surface area contributed by atoms with Crippen LogP contribution < -0.4 is 9.62 Å². The number of hydrogen-bond donors (Lipinski definition) is 1.